The maximum Gasteiger partial charge on any atom is 0.131 e. The fraction of sp³-hybridized carbons (Fsp3) is 0.259. The number of H-pyrrole nitrogens is 1. The van der Waals surface area contributed by atoms with Crippen LogP contribution in [0.3, 0.4) is 0 Å². The number of aromatic amines is 1. The first kappa shape index (κ1) is 21.0. The Hall–Kier alpha value is -3.24. The van der Waals surface area contributed by atoms with Gasteiger partial charge in [0.1, 0.15) is 18.1 Å². The van der Waals surface area contributed by atoms with Crippen LogP contribution in [-0.2, 0) is 13.0 Å². The van der Waals surface area contributed by atoms with Gasteiger partial charge in [-0.1, -0.05) is 42.5 Å². The lowest BCUT2D eigenvalue weighted by atomic mass is 9.98. The molecule has 3 aromatic carbocycles. The zero-order valence-corrected chi connectivity index (χ0v) is 18.3. The summed E-state index contributed by atoms with van der Waals surface area (Å²) < 4.78 is 11.9. The summed E-state index contributed by atoms with van der Waals surface area (Å²) in [6.07, 6.45) is 2.99. The Morgan fingerprint density at radius 1 is 0.935 bits per heavy atom. The van der Waals surface area contributed by atoms with E-state index in [0.29, 0.717) is 13.2 Å². The highest BCUT2D eigenvalue weighted by Gasteiger charge is 2.18. The van der Waals surface area contributed by atoms with Crippen molar-refractivity contribution >= 4 is 10.9 Å². The fourth-order valence-electron chi connectivity index (χ4n) is 4.11. The summed E-state index contributed by atoms with van der Waals surface area (Å²) in [5.41, 5.74) is 12.7. The smallest absolute Gasteiger partial charge is 0.131 e. The van der Waals surface area contributed by atoms with E-state index in [-0.39, 0.29) is 0 Å². The van der Waals surface area contributed by atoms with Gasteiger partial charge in [0, 0.05) is 16.5 Å². The highest BCUT2D eigenvalue weighted by atomic mass is 16.5. The van der Waals surface area contributed by atoms with Crippen molar-refractivity contribution in [2.24, 2.45) is 5.73 Å². The van der Waals surface area contributed by atoms with Gasteiger partial charge in [-0.15, -0.1) is 0 Å². The van der Waals surface area contributed by atoms with Crippen molar-refractivity contribution in [3.8, 4) is 22.8 Å². The van der Waals surface area contributed by atoms with E-state index >= 15 is 0 Å². The molecule has 4 heteroatoms. The average molecular weight is 415 g/mol. The number of fused-ring (bicyclic) bond motifs is 1. The van der Waals surface area contributed by atoms with Crippen molar-refractivity contribution in [2.75, 3.05) is 13.7 Å². The normalized spacial score (nSPS) is 11.1. The van der Waals surface area contributed by atoms with Gasteiger partial charge in [0.15, 0.2) is 0 Å². The summed E-state index contributed by atoms with van der Waals surface area (Å²) in [6, 6.07) is 22.8. The molecule has 3 N–H and O–H groups in total. The standard InChI is InChI=1S/C27H30N2O2/c1-19-9-8-13-23(27(19)30-2)26-22(12-6-7-16-28)24-17-21(14-15-25(24)29-26)31-18-20-10-4-3-5-11-20/h3-5,8-11,13-15,17,29H,6-7,12,16,18,28H2,1-2H3. The number of methoxy groups -OCH3 is 1. The monoisotopic (exact) mass is 414 g/mol. The van der Waals surface area contributed by atoms with Gasteiger partial charge in [-0.05, 0) is 73.7 Å². The van der Waals surface area contributed by atoms with Crippen LogP contribution in [0.4, 0.5) is 0 Å². The van der Waals surface area contributed by atoms with E-state index < -0.39 is 0 Å². The van der Waals surface area contributed by atoms with Crippen LogP contribution in [0.5, 0.6) is 11.5 Å². The number of para-hydroxylation sites is 1. The molecule has 31 heavy (non-hydrogen) atoms. The average Bonchev–Trinajstić information content (AvgIpc) is 3.16. The molecule has 0 saturated carbocycles. The predicted molar refractivity (Wildman–Crippen MR) is 128 cm³/mol. The Labute approximate surface area is 184 Å². The van der Waals surface area contributed by atoms with E-state index in [9.17, 15) is 0 Å². The van der Waals surface area contributed by atoms with Crippen molar-refractivity contribution in [3.63, 3.8) is 0 Å². The van der Waals surface area contributed by atoms with Gasteiger partial charge in [-0.3, -0.25) is 0 Å². The zero-order valence-electron chi connectivity index (χ0n) is 18.3. The molecule has 4 nitrogen and oxygen atoms in total. The van der Waals surface area contributed by atoms with Gasteiger partial charge in [0.05, 0.1) is 12.8 Å². The number of unbranched alkanes of at least 4 members (excludes halogenated alkanes) is 1. The molecule has 0 amide bonds. The second kappa shape index (κ2) is 9.71. The van der Waals surface area contributed by atoms with Crippen LogP contribution in [0.1, 0.15) is 29.5 Å². The SMILES string of the molecule is COc1c(C)cccc1-c1[nH]c2ccc(OCc3ccccc3)cc2c1CCCCN. The molecule has 4 aromatic rings. The van der Waals surface area contributed by atoms with E-state index in [1.807, 2.05) is 24.3 Å². The molecule has 0 aliphatic carbocycles. The quantitative estimate of drug-likeness (QED) is 0.330. The number of nitrogens with two attached hydrogens (primary N) is 1. The number of hydrogen-bond acceptors (Lipinski definition) is 3. The van der Waals surface area contributed by atoms with E-state index in [4.69, 9.17) is 15.2 Å². The Balaban J connectivity index is 1.74. The number of benzene rings is 3. The number of ether oxygens (including phenoxy) is 2. The van der Waals surface area contributed by atoms with Crippen LogP contribution in [0.2, 0.25) is 0 Å². The second-order valence-electron chi connectivity index (χ2n) is 7.86. The summed E-state index contributed by atoms with van der Waals surface area (Å²) in [6.45, 7) is 3.34. The summed E-state index contributed by atoms with van der Waals surface area (Å²) >= 11 is 0. The van der Waals surface area contributed by atoms with Gasteiger partial charge in [-0.25, -0.2) is 0 Å². The topological polar surface area (TPSA) is 60.3 Å². The van der Waals surface area contributed by atoms with Crippen molar-refractivity contribution in [1.29, 1.82) is 0 Å². The molecule has 0 fully saturated rings. The van der Waals surface area contributed by atoms with Crippen molar-refractivity contribution in [3.05, 3.63) is 83.4 Å². The maximum absolute atomic E-state index is 6.10. The third-order valence-electron chi connectivity index (χ3n) is 5.69. The number of rotatable bonds is 9. The molecule has 0 aliphatic heterocycles. The Kier molecular flexibility index (Phi) is 6.58. The largest absolute Gasteiger partial charge is 0.496 e. The summed E-state index contributed by atoms with van der Waals surface area (Å²) in [7, 11) is 1.73. The first-order valence-corrected chi connectivity index (χ1v) is 10.9. The molecule has 0 saturated heterocycles. The van der Waals surface area contributed by atoms with E-state index in [2.05, 4.69) is 54.4 Å². The zero-order chi connectivity index (χ0) is 21.6. The molecule has 160 valence electrons. The fourth-order valence-corrected chi connectivity index (χ4v) is 4.11. The lowest BCUT2D eigenvalue weighted by Gasteiger charge is -2.12. The molecule has 0 atom stereocenters. The van der Waals surface area contributed by atoms with Gasteiger partial charge >= 0.3 is 0 Å². The summed E-state index contributed by atoms with van der Waals surface area (Å²) in [5, 5.41) is 1.20. The van der Waals surface area contributed by atoms with Gasteiger partial charge < -0.3 is 20.2 Å². The van der Waals surface area contributed by atoms with Crippen LogP contribution in [0, 0.1) is 6.92 Å². The first-order chi connectivity index (χ1) is 15.2. The predicted octanol–water partition coefficient (Wildman–Crippen LogP) is 6.01. The second-order valence-corrected chi connectivity index (χ2v) is 7.86. The van der Waals surface area contributed by atoms with Crippen molar-refractivity contribution in [2.45, 2.75) is 32.8 Å². The van der Waals surface area contributed by atoms with Crippen LogP contribution in [0.25, 0.3) is 22.2 Å². The van der Waals surface area contributed by atoms with Crippen LogP contribution < -0.4 is 15.2 Å². The van der Waals surface area contributed by atoms with Crippen molar-refractivity contribution < 1.29 is 9.47 Å². The molecule has 0 spiro atoms. The molecule has 1 aromatic heterocycles. The van der Waals surface area contributed by atoms with E-state index in [1.165, 1.54) is 10.9 Å². The Bertz CT molecular complexity index is 1150. The summed E-state index contributed by atoms with van der Waals surface area (Å²) in [5.74, 6) is 1.79. The van der Waals surface area contributed by atoms with Crippen molar-refractivity contribution in [1.82, 2.24) is 4.98 Å². The Morgan fingerprint density at radius 2 is 1.77 bits per heavy atom. The van der Waals surface area contributed by atoms with Crippen LogP contribution in [0.15, 0.2) is 66.7 Å². The molecule has 0 unspecified atom stereocenters. The molecule has 0 bridgehead atoms. The molecule has 4 rings (SSSR count). The number of hydrogen-bond donors (Lipinski definition) is 2. The lowest BCUT2D eigenvalue weighted by Crippen LogP contribution is -2.00. The first-order valence-electron chi connectivity index (χ1n) is 10.9. The van der Waals surface area contributed by atoms with Gasteiger partial charge in [0.2, 0.25) is 0 Å². The van der Waals surface area contributed by atoms with E-state index in [0.717, 1.165) is 58.7 Å². The van der Waals surface area contributed by atoms with Gasteiger partial charge in [0.25, 0.3) is 0 Å². The number of aryl methyl sites for hydroxylation is 2. The highest BCUT2D eigenvalue weighted by molar-refractivity contribution is 5.93. The highest BCUT2D eigenvalue weighted by Crippen LogP contribution is 2.39. The minimum Gasteiger partial charge on any atom is -0.496 e. The molecular formula is C27H30N2O2. The van der Waals surface area contributed by atoms with Crippen LogP contribution in [-0.4, -0.2) is 18.6 Å². The minimum atomic E-state index is 0.553. The van der Waals surface area contributed by atoms with Crippen LogP contribution >= 0.6 is 0 Å². The third-order valence-corrected chi connectivity index (χ3v) is 5.69. The molecular weight excluding hydrogens is 384 g/mol. The minimum absolute atomic E-state index is 0.553. The number of nitrogens with one attached hydrogen (secondary N) is 1. The molecule has 0 radical (unpaired) electrons. The van der Waals surface area contributed by atoms with E-state index in [1.54, 1.807) is 7.11 Å². The maximum atomic E-state index is 6.10. The third kappa shape index (κ3) is 4.59. The Morgan fingerprint density at radius 3 is 2.55 bits per heavy atom. The van der Waals surface area contributed by atoms with Gasteiger partial charge in [-0.2, -0.15) is 0 Å². The molecule has 1 heterocycles. The lowest BCUT2D eigenvalue weighted by molar-refractivity contribution is 0.306. The number of aromatic nitrogens is 1. The molecule has 0 aliphatic rings. The summed E-state index contributed by atoms with van der Waals surface area (Å²) in [4.78, 5) is 3.64.